The van der Waals surface area contributed by atoms with E-state index < -0.39 is 11.4 Å². The monoisotopic (exact) mass is 254 g/mol. The van der Waals surface area contributed by atoms with E-state index in [-0.39, 0.29) is 5.56 Å². The van der Waals surface area contributed by atoms with Gasteiger partial charge in [-0.3, -0.25) is 0 Å². The summed E-state index contributed by atoms with van der Waals surface area (Å²) in [6.07, 6.45) is 2.41. The molecular weight excluding hydrogens is 231 g/mol. The van der Waals surface area contributed by atoms with Gasteiger partial charge in [-0.1, -0.05) is 26.3 Å². The number of methoxy groups -OCH3 is 1. The van der Waals surface area contributed by atoms with Crippen molar-refractivity contribution in [2.75, 3.05) is 7.11 Å². The highest BCUT2D eigenvalue weighted by molar-refractivity contribution is 5.38. The highest BCUT2D eigenvalue weighted by atomic mass is 19.1. The Morgan fingerprint density at radius 2 is 2.06 bits per heavy atom. The van der Waals surface area contributed by atoms with E-state index >= 15 is 0 Å². The number of ether oxygens (including phenoxy) is 1. The maximum Gasteiger partial charge on any atom is 0.133 e. The summed E-state index contributed by atoms with van der Waals surface area (Å²) >= 11 is 0. The van der Waals surface area contributed by atoms with Crippen molar-refractivity contribution in [1.82, 2.24) is 0 Å². The van der Waals surface area contributed by atoms with Crippen molar-refractivity contribution in [3.05, 3.63) is 29.6 Å². The molecule has 2 nitrogen and oxygen atoms in total. The summed E-state index contributed by atoms with van der Waals surface area (Å²) < 4.78 is 19.0. The Kier molecular flexibility index (Phi) is 5.15. The first kappa shape index (κ1) is 15.0. The Morgan fingerprint density at radius 3 is 2.61 bits per heavy atom. The van der Waals surface area contributed by atoms with Crippen LogP contribution in [0.3, 0.4) is 0 Å². The van der Waals surface area contributed by atoms with Gasteiger partial charge in [-0.15, -0.1) is 0 Å². The second-order valence-corrected chi connectivity index (χ2v) is 5.38. The molecule has 3 heteroatoms. The summed E-state index contributed by atoms with van der Waals surface area (Å²) in [7, 11) is 1.49. The van der Waals surface area contributed by atoms with Crippen LogP contribution in [0.5, 0.6) is 5.75 Å². The fourth-order valence-electron chi connectivity index (χ4n) is 2.18. The van der Waals surface area contributed by atoms with Gasteiger partial charge in [0.25, 0.3) is 0 Å². The molecule has 1 rings (SSSR count). The van der Waals surface area contributed by atoms with Crippen molar-refractivity contribution in [2.45, 2.75) is 45.6 Å². The van der Waals surface area contributed by atoms with Gasteiger partial charge in [-0.25, -0.2) is 4.39 Å². The normalized spacial score (nSPS) is 14.6. The molecule has 18 heavy (non-hydrogen) atoms. The van der Waals surface area contributed by atoms with Crippen molar-refractivity contribution < 1.29 is 14.2 Å². The Labute approximate surface area is 109 Å². The lowest BCUT2D eigenvalue weighted by molar-refractivity contribution is 0.0379. The van der Waals surface area contributed by atoms with Gasteiger partial charge in [0.2, 0.25) is 0 Å². The fraction of sp³-hybridized carbons (Fsp3) is 0.600. The first-order valence-electron chi connectivity index (χ1n) is 6.44. The summed E-state index contributed by atoms with van der Waals surface area (Å²) in [5.41, 5.74) is -0.928. The van der Waals surface area contributed by atoms with Gasteiger partial charge in [-0.2, -0.15) is 0 Å². The Bertz CT molecular complexity index is 386. The van der Waals surface area contributed by atoms with E-state index in [4.69, 9.17) is 4.74 Å². The maximum atomic E-state index is 13.9. The standard InChI is InChI=1S/C15H23FO2/c1-11(2)7-6-10-15(3,17)14-12(16)8-5-9-13(14)18-4/h5,8-9,11,17H,6-7,10H2,1-4H3. The number of halogens is 1. The van der Waals surface area contributed by atoms with Gasteiger partial charge >= 0.3 is 0 Å². The van der Waals surface area contributed by atoms with Crippen LogP contribution in [-0.4, -0.2) is 12.2 Å². The fourth-order valence-corrected chi connectivity index (χ4v) is 2.18. The summed E-state index contributed by atoms with van der Waals surface area (Å²) in [4.78, 5) is 0. The zero-order valence-electron chi connectivity index (χ0n) is 11.7. The molecule has 1 N–H and O–H groups in total. The topological polar surface area (TPSA) is 29.5 Å². The lowest BCUT2D eigenvalue weighted by Gasteiger charge is -2.26. The largest absolute Gasteiger partial charge is 0.496 e. The minimum atomic E-state index is -1.19. The second-order valence-electron chi connectivity index (χ2n) is 5.38. The first-order chi connectivity index (χ1) is 8.38. The van der Waals surface area contributed by atoms with Crippen LogP contribution in [0.4, 0.5) is 4.39 Å². The number of hydrogen-bond donors (Lipinski definition) is 1. The third-order valence-electron chi connectivity index (χ3n) is 3.18. The quantitative estimate of drug-likeness (QED) is 0.835. The smallest absolute Gasteiger partial charge is 0.133 e. The van der Waals surface area contributed by atoms with Gasteiger partial charge in [-0.05, 0) is 37.8 Å². The SMILES string of the molecule is COc1cccc(F)c1C(C)(O)CCCC(C)C. The van der Waals surface area contributed by atoms with Crippen molar-refractivity contribution >= 4 is 0 Å². The molecule has 0 fully saturated rings. The van der Waals surface area contributed by atoms with E-state index in [1.54, 1.807) is 19.1 Å². The first-order valence-corrected chi connectivity index (χ1v) is 6.44. The van der Waals surface area contributed by atoms with E-state index in [2.05, 4.69) is 13.8 Å². The average molecular weight is 254 g/mol. The van der Waals surface area contributed by atoms with Crippen molar-refractivity contribution in [3.8, 4) is 5.75 Å². The van der Waals surface area contributed by atoms with E-state index in [9.17, 15) is 9.50 Å². The van der Waals surface area contributed by atoms with Gasteiger partial charge in [0.15, 0.2) is 0 Å². The van der Waals surface area contributed by atoms with E-state index in [1.807, 2.05) is 0 Å². The highest BCUT2D eigenvalue weighted by Crippen LogP contribution is 2.35. The third-order valence-corrected chi connectivity index (χ3v) is 3.18. The Morgan fingerprint density at radius 1 is 1.39 bits per heavy atom. The molecule has 0 saturated carbocycles. The highest BCUT2D eigenvalue weighted by Gasteiger charge is 2.29. The molecule has 0 saturated heterocycles. The summed E-state index contributed by atoms with van der Waals surface area (Å²) in [5.74, 6) is 0.580. The van der Waals surface area contributed by atoms with Crippen LogP contribution in [0.15, 0.2) is 18.2 Å². The second kappa shape index (κ2) is 6.19. The molecule has 0 bridgehead atoms. The van der Waals surface area contributed by atoms with E-state index in [1.165, 1.54) is 13.2 Å². The molecule has 0 amide bonds. The van der Waals surface area contributed by atoms with E-state index in [0.717, 1.165) is 12.8 Å². The van der Waals surface area contributed by atoms with E-state index in [0.29, 0.717) is 18.1 Å². The third kappa shape index (κ3) is 3.70. The molecule has 1 atom stereocenters. The van der Waals surface area contributed by atoms with Crippen LogP contribution in [0, 0.1) is 11.7 Å². The maximum absolute atomic E-state index is 13.9. The lowest BCUT2D eigenvalue weighted by atomic mass is 9.88. The van der Waals surface area contributed by atoms with Gasteiger partial charge in [0, 0.05) is 0 Å². The zero-order chi connectivity index (χ0) is 13.8. The molecule has 0 spiro atoms. The van der Waals surface area contributed by atoms with Crippen LogP contribution in [0.1, 0.15) is 45.6 Å². The average Bonchev–Trinajstić information content (AvgIpc) is 2.27. The van der Waals surface area contributed by atoms with Crippen molar-refractivity contribution in [3.63, 3.8) is 0 Å². The molecule has 0 aromatic heterocycles. The number of aliphatic hydroxyl groups is 1. The molecule has 0 aliphatic rings. The Balaban J connectivity index is 2.89. The molecule has 1 aromatic carbocycles. The molecule has 1 unspecified atom stereocenters. The number of hydrogen-bond acceptors (Lipinski definition) is 2. The summed E-state index contributed by atoms with van der Waals surface area (Å²) in [6, 6.07) is 4.62. The van der Waals surface area contributed by atoms with Gasteiger partial charge in [0.1, 0.15) is 11.6 Å². The molecule has 0 aliphatic heterocycles. The Hall–Kier alpha value is -1.09. The van der Waals surface area contributed by atoms with Crippen LogP contribution in [0.25, 0.3) is 0 Å². The zero-order valence-corrected chi connectivity index (χ0v) is 11.7. The predicted molar refractivity (Wildman–Crippen MR) is 71.2 cm³/mol. The summed E-state index contributed by atoms with van der Waals surface area (Å²) in [6.45, 7) is 5.92. The molecular formula is C15H23FO2. The molecule has 0 heterocycles. The van der Waals surface area contributed by atoms with Gasteiger partial charge in [0.05, 0.1) is 18.3 Å². The van der Waals surface area contributed by atoms with Crippen LogP contribution in [0.2, 0.25) is 0 Å². The van der Waals surface area contributed by atoms with Crippen molar-refractivity contribution in [1.29, 1.82) is 0 Å². The number of benzene rings is 1. The predicted octanol–water partition coefficient (Wildman–Crippen LogP) is 3.87. The molecule has 102 valence electrons. The lowest BCUT2D eigenvalue weighted by Crippen LogP contribution is -2.23. The molecule has 0 aliphatic carbocycles. The van der Waals surface area contributed by atoms with Crippen LogP contribution < -0.4 is 4.74 Å². The van der Waals surface area contributed by atoms with Gasteiger partial charge < -0.3 is 9.84 Å². The van der Waals surface area contributed by atoms with Crippen molar-refractivity contribution in [2.24, 2.45) is 5.92 Å². The molecule has 0 radical (unpaired) electrons. The minimum absolute atomic E-state index is 0.260. The minimum Gasteiger partial charge on any atom is -0.496 e. The molecule has 1 aromatic rings. The van der Waals surface area contributed by atoms with Crippen LogP contribution in [-0.2, 0) is 5.60 Å². The number of rotatable bonds is 6. The van der Waals surface area contributed by atoms with Crippen LogP contribution >= 0.6 is 0 Å². The summed E-state index contributed by atoms with van der Waals surface area (Å²) in [5, 5.41) is 10.5.